The average Bonchev–Trinajstić information content (AvgIpc) is 2.46. The highest BCUT2D eigenvalue weighted by Crippen LogP contribution is 2.20. The van der Waals surface area contributed by atoms with Gasteiger partial charge in [0.25, 0.3) is 0 Å². The van der Waals surface area contributed by atoms with E-state index in [9.17, 15) is 0 Å². The molecule has 0 spiro atoms. The van der Waals surface area contributed by atoms with Crippen molar-refractivity contribution in [3.63, 3.8) is 0 Å². The van der Waals surface area contributed by atoms with E-state index in [1.54, 1.807) is 7.11 Å². The van der Waals surface area contributed by atoms with Crippen LogP contribution in [0.2, 0.25) is 0 Å². The van der Waals surface area contributed by atoms with E-state index in [-0.39, 0.29) is 0 Å². The van der Waals surface area contributed by atoms with Crippen LogP contribution in [0.15, 0.2) is 42.7 Å². The molecule has 0 saturated carbocycles. The molecule has 0 saturated heterocycles. The van der Waals surface area contributed by atoms with Crippen LogP contribution in [0.25, 0.3) is 11.1 Å². The lowest BCUT2D eigenvalue weighted by Crippen LogP contribution is -2.05. The van der Waals surface area contributed by atoms with Crippen molar-refractivity contribution in [1.82, 2.24) is 10.3 Å². The lowest BCUT2D eigenvalue weighted by atomic mass is 10.0. The van der Waals surface area contributed by atoms with Crippen LogP contribution in [0.3, 0.4) is 0 Å². The number of hydrogen-bond donors (Lipinski definition) is 1. The Labute approximate surface area is 114 Å². The molecular formula is C16H20N2O. The Morgan fingerprint density at radius 3 is 2.53 bits per heavy atom. The van der Waals surface area contributed by atoms with Crippen molar-refractivity contribution in [2.24, 2.45) is 0 Å². The quantitative estimate of drug-likeness (QED) is 0.862. The molecule has 0 fully saturated rings. The summed E-state index contributed by atoms with van der Waals surface area (Å²) in [6, 6.07) is 10.8. The summed E-state index contributed by atoms with van der Waals surface area (Å²) in [5.74, 6) is 0. The molecule has 0 atom stereocenters. The van der Waals surface area contributed by atoms with Crippen molar-refractivity contribution >= 4 is 0 Å². The number of benzene rings is 1. The van der Waals surface area contributed by atoms with Gasteiger partial charge in [-0.25, -0.2) is 0 Å². The zero-order valence-electron chi connectivity index (χ0n) is 11.5. The SMILES string of the molecule is CNCc1cncc(-c2ccc(CCOC)cc2)c1. The van der Waals surface area contributed by atoms with Crippen LogP contribution < -0.4 is 5.32 Å². The molecule has 100 valence electrons. The van der Waals surface area contributed by atoms with Crippen molar-refractivity contribution in [2.75, 3.05) is 20.8 Å². The van der Waals surface area contributed by atoms with Crippen molar-refractivity contribution < 1.29 is 4.74 Å². The molecule has 19 heavy (non-hydrogen) atoms. The normalized spacial score (nSPS) is 10.6. The average molecular weight is 256 g/mol. The highest BCUT2D eigenvalue weighted by atomic mass is 16.5. The number of pyridine rings is 1. The van der Waals surface area contributed by atoms with Gasteiger partial charge in [-0.05, 0) is 36.2 Å². The second-order valence-electron chi connectivity index (χ2n) is 4.55. The summed E-state index contributed by atoms with van der Waals surface area (Å²) in [6.45, 7) is 1.60. The summed E-state index contributed by atoms with van der Waals surface area (Å²) in [5, 5.41) is 3.14. The molecule has 0 amide bonds. The van der Waals surface area contributed by atoms with E-state index < -0.39 is 0 Å². The Morgan fingerprint density at radius 2 is 1.84 bits per heavy atom. The summed E-state index contributed by atoms with van der Waals surface area (Å²) in [5.41, 5.74) is 4.85. The van der Waals surface area contributed by atoms with Gasteiger partial charge >= 0.3 is 0 Å². The van der Waals surface area contributed by atoms with Crippen LogP contribution in [-0.4, -0.2) is 25.7 Å². The van der Waals surface area contributed by atoms with Gasteiger partial charge in [-0.15, -0.1) is 0 Å². The van der Waals surface area contributed by atoms with Gasteiger partial charge in [0, 0.05) is 31.6 Å². The number of hydrogen-bond acceptors (Lipinski definition) is 3. The lowest BCUT2D eigenvalue weighted by Gasteiger charge is -2.06. The van der Waals surface area contributed by atoms with E-state index in [0.717, 1.165) is 25.1 Å². The maximum Gasteiger partial charge on any atom is 0.0502 e. The minimum Gasteiger partial charge on any atom is -0.384 e. The third-order valence-corrected chi connectivity index (χ3v) is 3.06. The first-order valence-electron chi connectivity index (χ1n) is 6.50. The van der Waals surface area contributed by atoms with Gasteiger partial charge in [-0.3, -0.25) is 4.98 Å². The Balaban J connectivity index is 2.14. The predicted octanol–water partition coefficient (Wildman–Crippen LogP) is 2.66. The maximum atomic E-state index is 5.09. The smallest absolute Gasteiger partial charge is 0.0502 e. The van der Waals surface area contributed by atoms with E-state index in [4.69, 9.17) is 4.74 Å². The molecule has 2 rings (SSSR count). The summed E-state index contributed by atoms with van der Waals surface area (Å²) in [7, 11) is 3.67. The Kier molecular flexibility index (Phi) is 5.07. The topological polar surface area (TPSA) is 34.2 Å². The number of methoxy groups -OCH3 is 1. The second-order valence-corrected chi connectivity index (χ2v) is 4.55. The van der Waals surface area contributed by atoms with Crippen LogP contribution in [0.4, 0.5) is 0 Å². The molecule has 0 aliphatic heterocycles. The number of nitrogens with zero attached hydrogens (tertiary/aromatic N) is 1. The molecule has 0 unspecified atom stereocenters. The summed E-state index contributed by atoms with van der Waals surface area (Å²) in [4.78, 5) is 4.29. The molecular weight excluding hydrogens is 236 g/mol. The van der Waals surface area contributed by atoms with Gasteiger partial charge in [-0.2, -0.15) is 0 Å². The van der Waals surface area contributed by atoms with Crippen LogP contribution in [0.1, 0.15) is 11.1 Å². The Bertz CT molecular complexity index is 508. The van der Waals surface area contributed by atoms with E-state index in [0.29, 0.717) is 0 Å². The minimum atomic E-state index is 0.762. The number of ether oxygens (including phenoxy) is 1. The van der Waals surface area contributed by atoms with Gasteiger partial charge in [0.1, 0.15) is 0 Å². The van der Waals surface area contributed by atoms with Crippen LogP contribution >= 0.6 is 0 Å². The molecule has 0 aliphatic carbocycles. The number of rotatable bonds is 6. The van der Waals surface area contributed by atoms with E-state index in [2.05, 4.69) is 40.6 Å². The highest BCUT2D eigenvalue weighted by Gasteiger charge is 2.00. The standard InChI is InChI=1S/C16H20N2O/c1-17-10-14-9-16(12-18-11-14)15-5-3-13(4-6-15)7-8-19-2/h3-6,9,11-12,17H,7-8,10H2,1-2H3. The molecule has 0 radical (unpaired) electrons. The Hall–Kier alpha value is -1.71. The summed E-state index contributed by atoms with van der Waals surface area (Å²) in [6.07, 6.45) is 4.76. The fourth-order valence-electron chi connectivity index (χ4n) is 2.03. The van der Waals surface area contributed by atoms with Crippen LogP contribution in [0.5, 0.6) is 0 Å². The van der Waals surface area contributed by atoms with Crippen molar-refractivity contribution in [3.8, 4) is 11.1 Å². The van der Waals surface area contributed by atoms with Gasteiger partial charge in [0.15, 0.2) is 0 Å². The van der Waals surface area contributed by atoms with Gasteiger partial charge in [-0.1, -0.05) is 24.3 Å². The lowest BCUT2D eigenvalue weighted by molar-refractivity contribution is 0.202. The van der Waals surface area contributed by atoms with Crippen molar-refractivity contribution in [1.29, 1.82) is 0 Å². The van der Waals surface area contributed by atoms with Crippen LogP contribution in [-0.2, 0) is 17.7 Å². The highest BCUT2D eigenvalue weighted by molar-refractivity contribution is 5.63. The van der Waals surface area contributed by atoms with E-state index in [1.165, 1.54) is 16.7 Å². The van der Waals surface area contributed by atoms with E-state index >= 15 is 0 Å². The molecule has 2 aromatic rings. The first kappa shape index (κ1) is 13.7. The molecule has 3 heteroatoms. The van der Waals surface area contributed by atoms with Gasteiger partial charge < -0.3 is 10.1 Å². The molecule has 0 bridgehead atoms. The number of nitrogens with one attached hydrogen (secondary N) is 1. The van der Waals surface area contributed by atoms with Crippen molar-refractivity contribution in [2.45, 2.75) is 13.0 Å². The first-order valence-corrected chi connectivity index (χ1v) is 6.50. The third-order valence-electron chi connectivity index (χ3n) is 3.06. The van der Waals surface area contributed by atoms with Crippen LogP contribution in [0, 0.1) is 0 Å². The monoisotopic (exact) mass is 256 g/mol. The van der Waals surface area contributed by atoms with Crippen molar-refractivity contribution in [3.05, 3.63) is 53.9 Å². The van der Waals surface area contributed by atoms with Gasteiger partial charge in [0.05, 0.1) is 6.61 Å². The Morgan fingerprint density at radius 1 is 1.05 bits per heavy atom. The minimum absolute atomic E-state index is 0.762. The fourth-order valence-corrected chi connectivity index (χ4v) is 2.03. The first-order chi connectivity index (χ1) is 9.33. The third kappa shape index (κ3) is 3.88. The molecule has 0 aliphatic rings. The van der Waals surface area contributed by atoms with Gasteiger partial charge in [0.2, 0.25) is 0 Å². The zero-order valence-corrected chi connectivity index (χ0v) is 11.5. The second kappa shape index (κ2) is 7.02. The summed E-state index contributed by atoms with van der Waals surface area (Å²) >= 11 is 0. The predicted molar refractivity (Wildman–Crippen MR) is 78.0 cm³/mol. The molecule has 1 heterocycles. The molecule has 1 aromatic heterocycles. The molecule has 1 N–H and O–H groups in total. The fraction of sp³-hybridized carbons (Fsp3) is 0.312. The number of aromatic nitrogens is 1. The molecule has 3 nitrogen and oxygen atoms in total. The zero-order chi connectivity index (χ0) is 13.5. The molecule has 1 aromatic carbocycles. The largest absolute Gasteiger partial charge is 0.384 e. The van der Waals surface area contributed by atoms with E-state index in [1.807, 2.05) is 19.4 Å². The summed E-state index contributed by atoms with van der Waals surface area (Å²) < 4.78 is 5.09. The maximum absolute atomic E-state index is 5.09.